The van der Waals surface area contributed by atoms with Crippen LogP contribution in [-0.2, 0) is 15.8 Å². The molecule has 3 amide bonds. The van der Waals surface area contributed by atoms with Crippen molar-refractivity contribution in [3.8, 4) is 0 Å². The van der Waals surface area contributed by atoms with Gasteiger partial charge in [-0.3, -0.25) is 14.4 Å². The largest absolute Gasteiger partial charge is 0.418 e. The Hall–Kier alpha value is -5.32. The van der Waals surface area contributed by atoms with Gasteiger partial charge in [0, 0.05) is 21.2 Å². The molecule has 6 nitrogen and oxygen atoms in total. The van der Waals surface area contributed by atoms with Crippen LogP contribution in [0.5, 0.6) is 0 Å². The predicted octanol–water partition coefficient (Wildman–Crippen LogP) is 9.24. The highest BCUT2D eigenvalue weighted by molar-refractivity contribution is 8.00. The average molecular weight is 686 g/mol. The molecule has 11 heteroatoms. The summed E-state index contributed by atoms with van der Waals surface area (Å²) in [6, 6.07) is 35.9. The van der Waals surface area contributed by atoms with E-state index < -0.39 is 40.4 Å². The molecule has 3 N–H and O–H groups in total. The molecule has 0 aromatic heterocycles. The van der Waals surface area contributed by atoms with Gasteiger partial charge in [-0.25, -0.2) is 0 Å². The maximum absolute atomic E-state index is 13.8. The number of amides is 3. The Kier molecular flexibility index (Phi) is 11.0. The van der Waals surface area contributed by atoms with Crippen LogP contribution >= 0.6 is 23.4 Å². The van der Waals surface area contributed by atoms with Gasteiger partial charge in [0.1, 0.15) is 10.9 Å². The van der Waals surface area contributed by atoms with Crippen molar-refractivity contribution >= 4 is 58.5 Å². The molecule has 242 valence electrons. The fourth-order valence-corrected chi connectivity index (χ4v) is 5.85. The Morgan fingerprint density at radius 2 is 1.38 bits per heavy atom. The van der Waals surface area contributed by atoms with Gasteiger partial charge < -0.3 is 16.0 Å². The van der Waals surface area contributed by atoms with E-state index in [-0.39, 0.29) is 10.7 Å². The normalized spacial score (nSPS) is 12.1. The molecule has 0 saturated carbocycles. The van der Waals surface area contributed by atoms with Crippen molar-refractivity contribution in [2.45, 2.75) is 16.3 Å². The van der Waals surface area contributed by atoms with Crippen molar-refractivity contribution in [1.29, 1.82) is 0 Å². The second-order valence-corrected chi connectivity index (χ2v) is 12.0. The van der Waals surface area contributed by atoms with Gasteiger partial charge in [-0.2, -0.15) is 13.2 Å². The molecular formula is C37H27ClF3N3O3S. The first-order valence-corrected chi connectivity index (χ1v) is 15.8. The standard InChI is InChI=1S/C37H27ClF3N3O3S/c38-27-19-20-31(30(22-27)37(39,40)41)43-36(47)33(25-13-6-2-7-14-25)48-29-18-10-17-28(23-29)42-35(46)32(21-24-11-4-1-5-12-24)44-34(45)26-15-8-3-9-16-26/h1-23,33H,(H,42,46)(H,43,47)(H,44,45)/b32-21-. The number of carbonyl (C=O) groups is 3. The molecule has 0 spiro atoms. The summed E-state index contributed by atoms with van der Waals surface area (Å²) in [5.74, 6) is -1.75. The van der Waals surface area contributed by atoms with E-state index in [2.05, 4.69) is 16.0 Å². The van der Waals surface area contributed by atoms with Gasteiger partial charge in [0.05, 0.1) is 11.3 Å². The molecule has 0 fully saturated rings. The van der Waals surface area contributed by atoms with Gasteiger partial charge in [0.25, 0.3) is 11.8 Å². The number of thioether (sulfide) groups is 1. The Bertz CT molecular complexity index is 1940. The fourth-order valence-electron chi connectivity index (χ4n) is 4.60. The van der Waals surface area contributed by atoms with Crippen molar-refractivity contribution in [3.63, 3.8) is 0 Å². The van der Waals surface area contributed by atoms with Crippen molar-refractivity contribution < 1.29 is 27.6 Å². The Morgan fingerprint density at radius 3 is 2.04 bits per heavy atom. The minimum Gasteiger partial charge on any atom is -0.324 e. The van der Waals surface area contributed by atoms with E-state index in [1.165, 1.54) is 6.07 Å². The van der Waals surface area contributed by atoms with Crippen molar-refractivity contribution in [1.82, 2.24) is 5.32 Å². The lowest BCUT2D eigenvalue weighted by atomic mass is 10.1. The highest BCUT2D eigenvalue weighted by Crippen LogP contribution is 2.40. The van der Waals surface area contributed by atoms with E-state index in [0.29, 0.717) is 27.3 Å². The molecule has 0 heterocycles. The summed E-state index contributed by atoms with van der Waals surface area (Å²) in [5.41, 5.74) is 0.479. The highest BCUT2D eigenvalue weighted by atomic mass is 35.5. The molecule has 1 atom stereocenters. The number of hydrogen-bond donors (Lipinski definition) is 3. The summed E-state index contributed by atoms with van der Waals surface area (Å²) in [4.78, 5) is 40.6. The fraction of sp³-hybridized carbons (Fsp3) is 0.0541. The first kappa shape index (κ1) is 34.0. The van der Waals surface area contributed by atoms with E-state index in [9.17, 15) is 27.6 Å². The number of carbonyl (C=O) groups excluding carboxylic acids is 3. The molecule has 5 aromatic rings. The zero-order chi connectivity index (χ0) is 34.1. The summed E-state index contributed by atoms with van der Waals surface area (Å²) in [6.07, 6.45) is -3.19. The predicted molar refractivity (Wildman–Crippen MR) is 184 cm³/mol. The van der Waals surface area contributed by atoms with Crippen LogP contribution in [0.3, 0.4) is 0 Å². The molecule has 0 radical (unpaired) electrons. The van der Waals surface area contributed by atoms with Gasteiger partial charge in [0.15, 0.2) is 0 Å². The zero-order valence-corrected chi connectivity index (χ0v) is 26.6. The van der Waals surface area contributed by atoms with Crippen LogP contribution in [0.4, 0.5) is 24.5 Å². The molecule has 0 aliphatic heterocycles. The monoisotopic (exact) mass is 685 g/mol. The quantitative estimate of drug-likeness (QED) is 0.101. The Labute approximate surface area is 284 Å². The molecule has 1 unspecified atom stereocenters. The number of rotatable bonds is 10. The number of benzene rings is 5. The molecule has 0 aliphatic carbocycles. The van der Waals surface area contributed by atoms with Gasteiger partial charge in [-0.1, -0.05) is 96.5 Å². The first-order valence-electron chi connectivity index (χ1n) is 14.5. The number of hydrogen-bond acceptors (Lipinski definition) is 4. The van der Waals surface area contributed by atoms with Crippen molar-refractivity contribution in [2.24, 2.45) is 0 Å². The lowest BCUT2D eigenvalue weighted by Crippen LogP contribution is -2.30. The SMILES string of the molecule is O=C(Nc1cccc(SC(C(=O)Nc2ccc(Cl)cc2C(F)(F)F)c2ccccc2)c1)/C(=C/c1ccccc1)NC(=O)c1ccccc1. The number of halogens is 4. The van der Waals surface area contributed by atoms with E-state index in [1.807, 2.05) is 6.07 Å². The van der Waals surface area contributed by atoms with Crippen LogP contribution in [0.1, 0.15) is 32.3 Å². The van der Waals surface area contributed by atoms with Crippen molar-refractivity contribution in [3.05, 3.63) is 166 Å². The van der Waals surface area contributed by atoms with Crippen LogP contribution < -0.4 is 16.0 Å². The van der Waals surface area contributed by atoms with Gasteiger partial charge in [-0.15, -0.1) is 11.8 Å². The summed E-state index contributed by atoms with van der Waals surface area (Å²) < 4.78 is 41.3. The van der Waals surface area contributed by atoms with Crippen molar-refractivity contribution in [2.75, 3.05) is 10.6 Å². The van der Waals surface area contributed by atoms with Crippen LogP contribution in [-0.4, -0.2) is 17.7 Å². The molecule has 5 aromatic carbocycles. The summed E-state index contributed by atoms with van der Waals surface area (Å²) in [5, 5.41) is 6.83. The number of alkyl halides is 3. The molecule has 0 aliphatic rings. The van der Waals surface area contributed by atoms with E-state index >= 15 is 0 Å². The molecule has 0 saturated heterocycles. The number of anilines is 2. The summed E-state index contributed by atoms with van der Waals surface area (Å²) in [7, 11) is 0. The minimum atomic E-state index is -4.75. The third kappa shape index (κ3) is 9.15. The van der Waals surface area contributed by atoms with Gasteiger partial charge >= 0.3 is 6.18 Å². The average Bonchev–Trinajstić information content (AvgIpc) is 3.08. The van der Waals surface area contributed by atoms with Gasteiger partial charge in [-0.05, 0) is 65.7 Å². The zero-order valence-electron chi connectivity index (χ0n) is 25.0. The van der Waals surface area contributed by atoms with Gasteiger partial charge in [0.2, 0.25) is 5.91 Å². The number of nitrogens with one attached hydrogen (secondary N) is 3. The highest BCUT2D eigenvalue weighted by Gasteiger charge is 2.35. The smallest absolute Gasteiger partial charge is 0.324 e. The van der Waals surface area contributed by atoms with E-state index in [4.69, 9.17) is 11.6 Å². The van der Waals surface area contributed by atoms with Crippen LogP contribution in [0.15, 0.2) is 144 Å². The minimum absolute atomic E-state index is 0.00178. The third-order valence-corrected chi connectivity index (χ3v) is 8.35. The topological polar surface area (TPSA) is 87.3 Å². The van der Waals surface area contributed by atoms with E-state index in [0.717, 1.165) is 23.9 Å². The molecular weight excluding hydrogens is 659 g/mol. The molecule has 48 heavy (non-hydrogen) atoms. The van der Waals surface area contributed by atoms with Crippen LogP contribution in [0.2, 0.25) is 5.02 Å². The summed E-state index contributed by atoms with van der Waals surface area (Å²) >= 11 is 6.91. The van der Waals surface area contributed by atoms with Crippen LogP contribution in [0.25, 0.3) is 6.08 Å². The maximum Gasteiger partial charge on any atom is 0.418 e. The second-order valence-electron chi connectivity index (χ2n) is 10.4. The van der Waals surface area contributed by atoms with Crippen LogP contribution in [0, 0.1) is 0 Å². The lowest BCUT2D eigenvalue weighted by Gasteiger charge is -2.20. The van der Waals surface area contributed by atoms with E-state index in [1.54, 1.807) is 115 Å². The second kappa shape index (κ2) is 15.5. The Balaban J connectivity index is 1.39. The Morgan fingerprint density at radius 1 is 0.729 bits per heavy atom. The summed E-state index contributed by atoms with van der Waals surface area (Å²) in [6.45, 7) is 0. The third-order valence-electron chi connectivity index (χ3n) is 6.87. The first-order chi connectivity index (χ1) is 23.1. The molecule has 0 bridgehead atoms. The lowest BCUT2D eigenvalue weighted by molar-refractivity contribution is -0.137. The maximum atomic E-state index is 13.8. The molecule has 5 rings (SSSR count).